The topological polar surface area (TPSA) is 52.9 Å². The van der Waals surface area contributed by atoms with Gasteiger partial charge in [-0.25, -0.2) is 4.39 Å². The van der Waals surface area contributed by atoms with Gasteiger partial charge in [0.1, 0.15) is 18.0 Å². The lowest BCUT2D eigenvalue weighted by Gasteiger charge is -2.39. The van der Waals surface area contributed by atoms with Crippen LogP contribution in [0.4, 0.5) is 4.39 Å². The van der Waals surface area contributed by atoms with Gasteiger partial charge in [0.25, 0.3) is 0 Å². The van der Waals surface area contributed by atoms with Crippen molar-refractivity contribution in [2.24, 2.45) is 0 Å². The number of amides is 1. The molecule has 5 rings (SSSR count). The summed E-state index contributed by atoms with van der Waals surface area (Å²) in [6.45, 7) is 2.78. The molecule has 3 atom stereocenters. The second-order valence-corrected chi connectivity index (χ2v) is 9.08. The zero-order valence-electron chi connectivity index (χ0n) is 19.3. The van der Waals surface area contributed by atoms with Gasteiger partial charge in [-0.15, -0.1) is 0 Å². The Morgan fingerprint density at radius 3 is 2.68 bits per heavy atom. The Hall–Kier alpha value is -3.03. The predicted molar refractivity (Wildman–Crippen MR) is 126 cm³/mol. The molecule has 178 valence electrons. The van der Waals surface area contributed by atoms with E-state index in [0.717, 1.165) is 13.0 Å². The maximum Gasteiger partial charge on any atom is 0.225 e. The predicted octanol–water partition coefficient (Wildman–Crippen LogP) is 5.46. The highest BCUT2D eigenvalue weighted by Gasteiger charge is 2.37. The van der Waals surface area contributed by atoms with Gasteiger partial charge < -0.3 is 23.7 Å². The fourth-order valence-electron chi connectivity index (χ4n) is 4.88. The SMILES string of the molecule is COc1cccc([C@H]2O[C@H](CC(=O)N3CCC3C)c3cccn3-c3c(F)cc(Cl)cc32)c1OC. The molecule has 2 aromatic carbocycles. The first-order valence-corrected chi connectivity index (χ1v) is 11.6. The second kappa shape index (κ2) is 8.96. The third kappa shape index (κ3) is 3.73. The third-order valence-corrected chi connectivity index (χ3v) is 6.93. The van der Waals surface area contributed by atoms with Crippen LogP contribution in [0.25, 0.3) is 5.69 Å². The van der Waals surface area contributed by atoms with Crippen LogP contribution in [-0.2, 0) is 9.53 Å². The van der Waals surface area contributed by atoms with E-state index in [1.54, 1.807) is 37.1 Å². The number of para-hydroxylation sites is 1. The van der Waals surface area contributed by atoms with Gasteiger partial charge in [0.05, 0.1) is 32.0 Å². The van der Waals surface area contributed by atoms with Gasteiger partial charge in [-0.1, -0.05) is 23.7 Å². The minimum Gasteiger partial charge on any atom is -0.493 e. The fourth-order valence-corrected chi connectivity index (χ4v) is 5.10. The normalized spacial score (nSPS) is 21.2. The maximum atomic E-state index is 15.4. The molecule has 3 heterocycles. The standard InChI is InChI=1S/C26H26ClFN2O4/c1-15-9-11-29(15)23(31)14-22-20-7-5-10-30(20)24-18(12-16(27)13-19(24)28)25(34-22)17-6-4-8-21(32-2)26(17)33-3/h4-8,10,12-13,15,22,25H,9,11,14H2,1-3H3/t15?,22-,25-/m1/s1. The van der Waals surface area contributed by atoms with Crippen LogP contribution < -0.4 is 9.47 Å². The Balaban J connectivity index is 1.67. The van der Waals surface area contributed by atoms with Gasteiger partial charge in [0, 0.05) is 34.9 Å². The van der Waals surface area contributed by atoms with Gasteiger partial charge in [-0.05, 0) is 43.7 Å². The van der Waals surface area contributed by atoms with Gasteiger partial charge >= 0.3 is 0 Å². The van der Waals surface area contributed by atoms with Crippen LogP contribution in [0.5, 0.6) is 11.5 Å². The number of likely N-dealkylation sites (tertiary alicyclic amines) is 1. The average molecular weight is 485 g/mol. The zero-order valence-corrected chi connectivity index (χ0v) is 20.0. The Kier molecular flexibility index (Phi) is 6.00. The van der Waals surface area contributed by atoms with Crippen molar-refractivity contribution in [1.82, 2.24) is 9.47 Å². The summed E-state index contributed by atoms with van der Waals surface area (Å²) in [5.74, 6) is 0.545. The number of fused-ring (bicyclic) bond motifs is 3. The van der Waals surface area contributed by atoms with E-state index < -0.39 is 18.0 Å². The average Bonchev–Trinajstić information content (AvgIpc) is 3.24. The monoisotopic (exact) mass is 484 g/mol. The minimum atomic E-state index is -0.750. The summed E-state index contributed by atoms with van der Waals surface area (Å²) in [6, 6.07) is 12.4. The van der Waals surface area contributed by atoms with Crippen molar-refractivity contribution in [3.05, 3.63) is 76.3 Å². The molecular formula is C26H26ClFN2O4. The van der Waals surface area contributed by atoms with E-state index in [2.05, 4.69) is 0 Å². The highest BCUT2D eigenvalue weighted by molar-refractivity contribution is 6.30. The molecule has 0 saturated carbocycles. The summed E-state index contributed by atoms with van der Waals surface area (Å²) >= 11 is 6.30. The van der Waals surface area contributed by atoms with Crippen molar-refractivity contribution in [3.8, 4) is 17.2 Å². The molecule has 2 aliphatic heterocycles. The van der Waals surface area contributed by atoms with E-state index in [9.17, 15) is 4.79 Å². The molecule has 0 spiro atoms. The van der Waals surface area contributed by atoms with Crippen LogP contribution in [0.2, 0.25) is 5.02 Å². The number of benzene rings is 2. The van der Waals surface area contributed by atoms with Crippen LogP contribution in [0.1, 0.15) is 48.8 Å². The molecule has 1 fully saturated rings. The molecule has 1 unspecified atom stereocenters. The number of ether oxygens (including phenoxy) is 3. The lowest BCUT2D eigenvalue weighted by Crippen LogP contribution is -2.49. The number of halogens is 2. The van der Waals surface area contributed by atoms with E-state index in [4.69, 9.17) is 25.8 Å². The molecule has 6 nitrogen and oxygen atoms in total. The second-order valence-electron chi connectivity index (χ2n) is 8.64. The Bertz CT molecular complexity index is 1240. The molecule has 1 aromatic heterocycles. The summed E-state index contributed by atoms with van der Waals surface area (Å²) in [7, 11) is 3.11. The van der Waals surface area contributed by atoms with E-state index >= 15 is 4.39 Å². The molecule has 0 aliphatic carbocycles. The van der Waals surface area contributed by atoms with Crippen LogP contribution in [-0.4, -0.2) is 42.2 Å². The molecule has 1 amide bonds. The molecule has 3 aromatic rings. The number of methoxy groups -OCH3 is 2. The van der Waals surface area contributed by atoms with E-state index in [-0.39, 0.29) is 23.4 Å². The van der Waals surface area contributed by atoms with E-state index in [1.165, 1.54) is 6.07 Å². The van der Waals surface area contributed by atoms with Crippen LogP contribution in [0, 0.1) is 5.82 Å². The van der Waals surface area contributed by atoms with E-state index in [0.29, 0.717) is 34.0 Å². The number of nitrogens with zero attached hydrogens (tertiary/aromatic N) is 2. The highest BCUT2D eigenvalue weighted by atomic mass is 35.5. The molecule has 34 heavy (non-hydrogen) atoms. The van der Waals surface area contributed by atoms with Crippen molar-refractivity contribution < 1.29 is 23.4 Å². The van der Waals surface area contributed by atoms with Crippen LogP contribution in [0.3, 0.4) is 0 Å². The smallest absolute Gasteiger partial charge is 0.225 e. The minimum absolute atomic E-state index is 0.0114. The van der Waals surface area contributed by atoms with Crippen molar-refractivity contribution in [3.63, 3.8) is 0 Å². The number of carbonyl (C=O) groups is 1. The van der Waals surface area contributed by atoms with Gasteiger partial charge in [-0.3, -0.25) is 4.79 Å². The lowest BCUT2D eigenvalue weighted by molar-refractivity contribution is -0.142. The number of hydrogen-bond donors (Lipinski definition) is 0. The summed E-state index contributed by atoms with van der Waals surface area (Å²) < 4.78 is 35.0. The molecule has 0 N–H and O–H groups in total. The molecule has 2 aliphatic rings. The number of aromatic nitrogens is 1. The summed E-state index contributed by atoms with van der Waals surface area (Å²) in [5, 5.41) is 0.254. The molecular weight excluding hydrogens is 459 g/mol. The van der Waals surface area contributed by atoms with Crippen molar-refractivity contribution in [2.75, 3.05) is 20.8 Å². The molecule has 1 saturated heterocycles. The first-order chi connectivity index (χ1) is 16.4. The van der Waals surface area contributed by atoms with E-state index in [1.807, 2.05) is 36.1 Å². The number of hydrogen-bond acceptors (Lipinski definition) is 4. The Labute approximate surface area is 202 Å². The van der Waals surface area contributed by atoms with Crippen molar-refractivity contribution in [2.45, 2.75) is 38.0 Å². The summed E-state index contributed by atoms with van der Waals surface area (Å²) in [4.78, 5) is 15.0. The zero-order chi connectivity index (χ0) is 24.0. The van der Waals surface area contributed by atoms with Crippen LogP contribution >= 0.6 is 11.6 Å². The molecule has 0 bridgehead atoms. The first kappa shape index (κ1) is 22.7. The van der Waals surface area contributed by atoms with Crippen molar-refractivity contribution >= 4 is 17.5 Å². The Morgan fingerprint density at radius 2 is 2.00 bits per heavy atom. The molecule has 8 heteroatoms. The number of carbonyl (C=O) groups excluding carboxylic acids is 1. The third-order valence-electron chi connectivity index (χ3n) is 6.71. The van der Waals surface area contributed by atoms with Gasteiger partial charge in [0.15, 0.2) is 11.5 Å². The first-order valence-electron chi connectivity index (χ1n) is 11.2. The summed E-state index contributed by atoms with van der Waals surface area (Å²) in [6.07, 6.45) is 1.55. The van der Waals surface area contributed by atoms with Gasteiger partial charge in [-0.2, -0.15) is 0 Å². The highest BCUT2D eigenvalue weighted by Crippen LogP contribution is 2.47. The van der Waals surface area contributed by atoms with Crippen molar-refractivity contribution in [1.29, 1.82) is 0 Å². The Morgan fingerprint density at radius 1 is 1.18 bits per heavy atom. The largest absolute Gasteiger partial charge is 0.493 e. The fraction of sp³-hybridized carbons (Fsp3) is 0.346. The quantitative estimate of drug-likeness (QED) is 0.482. The lowest BCUT2D eigenvalue weighted by atomic mass is 9.97. The number of rotatable bonds is 5. The van der Waals surface area contributed by atoms with Crippen LogP contribution in [0.15, 0.2) is 48.7 Å². The van der Waals surface area contributed by atoms with Gasteiger partial charge in [0.2, 0.25) is 5.91 Å². The molecule has 0 radical (unpaired) electrons. The summed E-state index contributed by atoms with van der Waals surface area (Å²) in [5.41, 5.74) is 2.24. The maximum absolute atomic E-state index is 15.4.